The number of para-hydroxylation sites is 1. The summed E-state index contributed by atoms with van der Waals surface area (Å²) in [6.45, 7) is 8.49. The second-order valence-corrected chi connectivity index (χ2v) is 6.25. The Kier molecular flexibility index (Phi) is 7.09. The van der Waals surface area contributed by atoms with Crippen molar-refractivity contribution in [3.05, 3.63) is 29.8 Å². The fraction of sp³-hybridized carbons (Fsp3) is 0.533. The smallest absolute Gasteiger partial charge is 0.397 e. The van der Waals surface area contributed by atoms with Crippen LogP contribution in [-0.2, 0) is 19.3 Å². The Hall–Kier alpha value is -1.16. The van der Waals surface area contributed by atoms with Crippen molar-refractivity contribution in [2.45, 2.75) is 39.5 Å². The van der Waals surface area contributed by atoms with Gasteiger partial charge in [0.1, 0.15) is 5.75 Å². The Labute approximate surface area is 127 Å². The number of carboxylic acid groups (broad SMARTS) is 1. The molecule has 0 aliphatic heterocycles. The lowest BCUT2D eigenvalue weighted by molar-refractivity contribution is -0.138. The highest BCUT2D eigenvalue weighted by Gasteiger charge is 2.28. The van der Waals surface area contributed by atoms with Crippen LogP contribution in [0, 0.1) is 0 Å². The highest BCUT2D eigenvalue weighted by molar-refractivity contribution is 7.42. The average Bonchev–Trinajstić information content (AvgIpc) is 2.38. The van der Waals surface area contributed by atoms with Gasteiger partial charge in [-0.3, -0.25) is 4.79 Å². The van der Waals surface area contributed by atoms with E-state index in [4.69, 9.17) is 18.7 Å². The summed E-state index contributed by atoms with van der Waals surface area (Å²) in [5.41, 5.74) is 0.293. The molecule has 0 amide bonds. The molecule has 0 saturated heterocycles. The van der Waals surface area contributed by atoms with Gasteiger partial charge in [0.25, 0.3) is 0 Å². The molecule has 0 fully saturated rings. The molecule has 6 heteroatoms. The quantitative estimate of drug-likeness (QED) is 0.695. The minimum absolute atomic E-state index is 0.0224. The van der Waals surface area contributed by atoms with Crippen LogP contribution in [-0.4, -0.2) is 24.3 Å². The standard InChI is InChI=1S/C15H23O5P/c1-5-18-21(19-6-2)20-13-10-8-7-9-12(13)15(3,4)11-14(16)17/h7-10H,5-6,11H2,1-4H3,(H,16,17). The van der Waals surface area contributed by atoms with Crippen LogP contribution in [0.3, 0.4) is 0 Å². The van der Waals surface area contributed by atoms with E-state index in [0.29, 0.717) is 19.0 Å². The zero-order chi connectivity index (χ0) is 15.9. The molecule has 1 aromatic rings. The molecule has 0 aliphatic rings. The second kappa shape index (κ2) is 8.32. The van der Waals surface area contributed by atoms with Gasteiger partial charge in [0.15, 0.2) is 0 Å². The Balaban J connectivity index is 3.00. The van der Waals surface area contributed by atoms with Crippen molar-refractivity contribution in [2.75, 3.05) is 13.2 Å². The van der Waals surface area contributed by atoms with Crippen molar-refractivity contribution in [3.8, 4) is 5.75 Å². The van der Waals surface area contributed by atoms with Crippen LogP contribution < -0.4 is 4.52 Å². The summed E-state index contributed by atoms with van der Waals surface area (Å²) in [5, 5.41) is 9.07. The number of carboxylic acids is 1. The van der Waals surface area contributed by atoms with Gasteiger partial charge in [0.2, 0.25) is 0 Å². The predicted octanol–water partition coefficient (Wildman–Crippen LogP) is 4.12. The minimum Gasteiger partial charge on any atom is -0.481 e. The fourth-order valence-corrected chi connectivity index (χ4v) is 2.88. The van der Waals surface area contributed by atoms with Crippen LogP contribution in [0.1, 0.15) is 39.7 Å². The first-order chi connectivity index (χ1) is 9.90. The molecule has 0 saturated carbocycles. The first-order valence-corrected chi connectivity index (χ1v) is 8.05. The Morgan fingerprint density at radius 1 is 1.19 bits per heavy atom. The van der Waals surface area contributed by atoms with Gasteiger partial charge in [0.05, 0.1) is 19.6 Å². The molecule has 0 unspecified atom stereocenters. The minimum atomic E-state index is -1.47. The maximum absolute atomic E-state index is 11.0. The van der Waals surface area contributed by atoms with Crippen LogP contribution in [0.15, 0.2) is 24.3 Å². The van der Waals surface area contributed by atoms with E-state index in [0.717, 1.165) is 5.56 Å². The molecule has 21 heavy (non-hydrogen) atoms. The van der Waals surface area contributed by atoms with Gasteiger partial charge in [-0.05, 0) is 19.9 Å². The summed E-state index contributed by atoms with van der Waals surface area (Å²) >= 11 is 0. The first-order valence-electron chi connectivity index (χ1n) is 6.96. The van der Waals surface area contributed by atoms with Crippen LogP contribution in [0.2, 0.25) is 0 Å². The summed E-state index contributed by atoms with van der Waals surface area (Å²) in [6.07, 6.45) is 0.0224. The first kappa shape index (κ1) is 17.9. The predicted molar refractivity (Wildman–Crippen MR) is 82.5 cm³/mol. The van der Waals surface area contributed by atoms with Crippen molar-refractivity contribution < 1.29 is 23.5 Å². The van der Waals surface area contributed by atoms with E-state index >= 15 is 0 Å². The van der Waals surface area contributed by atoms with E-state index in [2.05, 4.69) is 0 Å². The molecule has 1 N–H and O–H groups in total. The molecule has 0 aromatic heterocycles. The van der Waals surface area contributed by atoms with Crippen LogP contribution in [0.4, 0.5) is 0 Å². The maximum atomic E-state index is 11.0. The van der Waals surface area contributed by atoms with Crippen molar-refractivity contribution in [1.29, 1.82) is 0 Å². The average molecular weight is 314 g/mol. The number of hydrogen-bond acceptors (Lipinski definition) is 4. The van der Waals surface area contributed by atoms with Gasteiger partial charge in [-0.15, -0.1) is 0 Å². The SMILES string of the molecule is CCOP(OCC)Oc1ccccc1C(C)(C)CC(=O)O. The van der Waals surface area contributed by atoms with E-state index < -0.39 is 20.0 Å². The zero-order valence-corrected chi connectivity index (χ0v) is 13.9. The monoisotopic (exact) mass is 314 g/mol. The van der Waals surface area contributed by atoms with E-state index in [1.54, 1.807) is 0 Å². The maximum Gasteiger partial charge on any atom is 0.397 e. The highest BCUT2D eigenvalue weighted by atomic mass is 31.2. The molecule has 0 radical (unpaired) electrons. The van der Waals surface area contributed by atoms with Crippen molar-refractivity contribution in [2.24, 2.45) is 0 Å². The molecule has 1 aromatic carbocycles. The van der Waals surface area contributed by atoms with E-state index in [-0.39, 0.29) is 6.42 Å². The Bertz CT molecular complexity index is 455. The summed E-state index contributed by atoms with van der Waals surface area (Å²) in [7, 11) is -1.47. The molecule has 0 spiro atoms. The van der Waals surface area contributed by atoms with Crippen molar-refractivity contribution in [3.63, 3.8) is 0 Å². The third-order valence-electron chi connectivity index (χ3n) is 2.85. The Morgan fingerprint density at radius 3 is 2.29 bits per heavy atom. The van der Waals surface area contributed by atoms with E-state index in [9.17, 15) is 4.79 Å². The molecular weight excluding hydrogens is 291 g/mol. The zero-order valence-electron chi connectivity index (χ0n) is 13.0. The number of benzene rings is 1. The summed E-state index contributed by atoms with van der Waals surface area (Å²) < 4.78 is 16.7. The van der Waals surface area contributed by atoms with Crippen LogP contribution in [0.25, 0.3) is 0 Å². The van der Waals surface area contributed by atoms with Gasteiger partial charge in [-0.1, -0.05) is 32.0 Å². The van der Waals surface area contributed by atoms with Crippen LogP contribution in [0.5, 0.6) is 5.75 Å². The lowest BCUT2D eigenvalue weighted by atomic mass is 9.81. The molecule has 118 valence electrons. The normalized spacial score (nSPS) is 11.7. The topological polar surface area (TPSA) is 65.0 Å². The van der Waals surface area contributed by atoms with Gasteiger partial charge in [-0.25, -0.2) is 0 Å². The lowest BCUT2D eigenvalue weighted by Crippen LogP contribution is -2.22. The third kappa shape index (κ3) is 5.62. The van der Waals surface area contributed by atoms with Gasteiger partial charge >= 0.3 is 14.6 Å². The molecule has 0 bridgehead atoms. The van der Waals surface area contributed by atoms with Crippen LogP contribution >= 0.6 is 8.60 Å². The van der Waals surface area contributed by atoms with Gasteiger partial charge in [0, 0.05) is 11.0 Å². The van der Waals surface area contributed by atoms with E-state index in [1.807, 2.05) is 52.0 Å². The Morgan fingerprint density at radius 2 is 1.76 bits per heavy atom. The molecule has 1 rings (SSSR count). The van der Waals surface area contributed by atoms with Gasteiger partial charge < -0.3 is 18.7 Å². The highest BCUT2D eigenvalue weighted by Crippen LogP contribution is 2.44. The van der Waals surface area contributed by atoms with Crippen molar-refractivity contribution >= 4 is 14.6 Å². The molecule has 0 aliphatic carbocycles. The largest absolute Gasteiger partial charge is 0.481 e. The summed E-state index contributed by atoms with van der Waals surface area (Å²) in [6, 6.07) is 7.41. The number of rotatable bonds is 9. The summed E-state index contributed by atoms with van der Waals surface area (Å²) in [4.78, 5) is 11.0. The number of aliphatic carboxylic acids is 1. The fourth-order valence-electron chi connectivity index (χ4n) is 1.96. The molecule has 0 atom stereocenters. The van der Waals surface area contributed by atoms with Gasteiger partial charge in [-0.2, -0.15) is 0 Å². The molecule has 0 heterocycles. The summed E-state index contributed by atoms with van der Waals surface area (Å²) in [5.74, 6) is -0.233. The lowest BCUT2D eigenvalue weighted by Gasteiger charge is -2.26. The van der Waals surface area contributed by atoms with Crippen molar-refractivity contribution in [1.82, 2.24) is 0 Å². The number of hydrogen-bond donors (Lipinski definition) is 1. The molecular formula is C15H23O5P. The molecule has 5 nitrogen and oxygen atoms in total. The van der Waals surface area contributed by atoms with E-state index in [1.165, 1.54) is 0 Å². The third-order valence-corrected chi connectivity index (χ3v) is 4.14. The number of carbonyl (C=O) groups is 1. The second-order valence-electron chi connectivity index (χ2n) is 5.10.